The number of carbonyl (C=O) groups excluding carboxylic acids is 3. The molecule has 0 spiro atoms. The van der Waals surface area contributed by atoms with E-state index >= 15 is 0 Å². The molecule has 9 heteroatoms. The molecule has 0 saturated carbocycles. The highest BCUT2D eigenvalue weighted by Crippen LogP contribution is 2.36. The minimum atomic E-state index is -0.452. The van der Waals surface area contributed by atoms with Gasteiger partial charge in [-0.15, -0.1) is 0 Å². The summed E-state index contributed by atoms with van der Waals surface area (Å²) in [6.07, 6.45) is 0.127. The maximum atomic E-state index is 12.4. The van der Waals surface area contributed by atoms with Gasteiger partial charge in [0.25, 0.3) is 0 Å². The van der Waals surface area contributed by atoms with Crippen LogP contribution in [0.1, 0.15) is 28.3 Å². The van der Waals surface area contributed by atoms with Crippen molar-refractivity contribution in [3.63, 3.8) is 0 Å². The molecule has 2 aliphatic heterocycles. The summed E-state index contributed by atoms with van der Waals surface area (Å²) in [5.41, 5.74) is 1.56. The van der Waals surface area contributed by atoms with Gasteiger partial charge in [-0.2, -0.15) is 5.26 Å². The number of nitrogens with one attached hydrogen (secondary N) is 1. The molecular formula is C20H21N3O5S. The number of ether oxygens (including phenoxy) is 2. The van der Waals surface area contributed by atoms with E-state index in [1.807, 2.05) is 0 Å². The van der Waals surface area contributed by atoms with Gasteiger partial charge in [0, 0.05) is 25.4 Å². The van der Waals surface area contributed by atoms with Crippen LogP contribution < -0.4 is 5.32 Å². The van der Waals surface area contributed by atoms with E-state index in [0.29, 0.717) is 42.5 Å². The summed E-state index contributed by atoms with van der Waals surface area (Å²) in [7, 11) is 1.31. The molecule has 2 heterocycles. The predicted octanol–water partition coefficient (Wildman–Crippen LogP) is 1.40. The second-order valence-electron chi connectivity index (χ2n) is 6.55. The van der Waals surface area contributed by atoms with Crippen LogP contribution >= 0.6 is 11.8 Å². The number of thioether (sulfide) groups is 1. The Balaban J connectivity index is 1.77. The van der Waals surface area contributed by atoms with Crippen molar-refractivity contribution in [1.82, 2.24) is 10.2 Å². The SMILES string of the molecule is COC(=O)c1ccc([C@@H]2CC(=O)NC(SCC(=O)N3CCOCC3)=C2C#N)cc1. The van der Waals surface area contributed by atoms with Crippen LogP contribution in [0.2, 0.25) is 0 Å². The van der Waals surface area contributed by atoms with Crippen molar-refractivity contribution in [3.05, 3.63) is 46.0 Å². The average Bonchev–Trinajstić information content (AvgIpc) is 2.77. The van der Waals surface area contributed by atoms with E-state index in [1.54, 1.807) is 29.2 Å². The number of rotatable bonds is 5. The van der Waals surface area contributed by atoms with Crippen molar-refractivity contribution < 1.29 is 23.9 Å². The third-order valence-electron chi connectivity index (χ3n) is 4.79. The zero-order valence-corrected chi connectivity index (χ0v) is 16.8. The molecule has 0 aromatic heterocycles. The van der Waals surface area contributed by atoms with E-state index in [1.165, 1.54) is 7.11 Å². The molecular weight excluding hydrogens is 394 g/mol. The van der Waals surface area contributed by atoms with E-state index < -0.39 is 11.9 Å². The second-order valence-corrected chi connectivity index (χ2v) is 7.54. The van der Waals surface area contributed by atoms with E-state index in [4.69, 9.17) is 9.47 Å². The van der Waals surface area contributed by atoms with Gasteiger partial charge < -0.3 is 19.7 Å². The summed E-state index contributed by atoms with van der Waals surface area (Å²) >= 11 is 1.16. The van der Waals surface area contributed by atoms with Crippen molar-refractivity contribution in [3.8, 4) is 6.07 Å². The Labute approximate surface area is 172 Å². The first kappa shape index (κ1) is 20.9. The maximum absolute atomic E-state index is 12.4. The van der Waals surface area contributed by atoms with Gasteiger partial charge in [0.15, 0.2) is 0 Å². The third kappa shape index (κ3) is 4.96. The Kier molecular flexibility index (Phi) is 6.90. The Hall–Kier alpha value is -2.83. The molecule has 1 aromatic rings. The van der Waals surface area contributed by atoms with Gasteiger partial charge in [0.1, 0.15) is 0 Å². The highest BCUT2D eigenvalue weighted by molar-refractivity contribution is 8.03. The molecule has 1 saturated heterocycles. The normalized spacial score (nSPS) is 19.4. The minimum absolute atomic E-state index is 0.0538. The predicted molar refractivity (Wildman–Crippen MR) is 106 cm³/mol. The number of hydrogen-bond acceptors (Lipinski definition) is 7. The number of allylic oxidation sites excluding steroid dienone is 1. The first-order chi connectivity index (χ1) is 14.0. The lowest BCUT2D eigenvalue weighted by Gasteiger charge is -2.28. The number of esters is 1. The van der Waals surface area contributed by atoms with E-state index in [0.717, 1.165) is 17.3 Å². The lowest BCUT2D eigenvalue weighted by molar-refractivity contribution is -0.132. The summed E-state index contributed by atoms with van der Waals surface area (Å²) in [5.74, 6) is -1.02. The van der Waals surface area contributed by atoms with Crippen molar-refractivity contribution in [2.75, 3.05) is 39.2 Å². The zero-order valence-electron chi connectivity index (χ0n) is 16.0. The molecule has 1 atom stereocenters. The summed E-state index contributed by atoms with van der Waals surface area (Å²) in [4.78, 5) is 37.9. The number of morpholine rings is 1. The average molecular weight is 415 g/mol. The summed E-state index contributed by atoms with van der Waals surface area (Å²) < 4.78 is 9.94. The molecule has 1 N–H and O–H groups in total. The van der Waals surface area contributed by atoms with Crippen molar-refractivity contribution in [1.29, 1.82) is 5.26 Å². The number of carbonyl (C=O) groups is 3. The molecule has 29 heavy (non-hydrogen) atoms. The topological polar surface area (TPSA) is 109 Å². The van der Waals surface area contributed by atoms with Crippen LogP contribution in [-0.2, 0) is 19.1 Å². The fraction of sp³-hybridized carbons (Fsp3) is 0.400. The Bertz CT molecular complexity index is 869. The third-order valence-corrected chi connectivity index (χ3v) is 5.80. The lowest BCUT2D eigenvalue weighted by Crippen LogP contribution is -2.42. The monoisotopic (exact) mass is 415 g/mol. The Morgan fingerprint density at radius 1 is 1.31 bits per heavy atom. The molecule has 1 fully saturated rings. The lowest BCUT2D eigenvalue weighted by atomic mass is 9.87. The minimum Gasteiger partial charge on any atom is -0.465 e. The quantitative estimate of drug-likeness (QED) is 0.724. The maximum Gasteiger partial charge on any atom is 0.337 e. The van der Waals surface area contributed by atoms with Gasteiger partial charge in [0.05, 0.1) is 48.3 Å². The first-order valence-corrected chi connectivity index (χ1v) is 10.1. The highest BCUT2D eigenvalue weighted by atomic mass is 32.2. The van der Waals surface area contributed by atoms with Crippen LogP contribution in [0.5, 0.6) is 0 Å². The standard InChI is InChI=1S/C20H21N3O5S/c1-27-20(26)14-4-2-13(3-5-14)15-10-17(24)22-19(16(15)11-21)29-12-18(25)23-6-8-28-9-7-23/h2-5,15H,6-10,12H2,1H3,(H,22,24)/t15-/m0/s1. The van der Waals surface area contributed by atoms with Crippen LogP contribution in [0, 0.1) is 11.3 Å². The van der Waals surface area contributed by atoms with Gasteiger partial charge in [0.2, 0.25) is 11.8 Å². The first-order valence-electron chi connectivity index (χ1n) is 9.14. The molecule has 0 aliphatic carbocycles. The van der Waals surface area contributed by atoms with Crippen molar-refractivity contribution >= 4 is 29.5 Å². The molecule has 0 unspecified atom stereocenters. The number of methoxy groups -OCH3 is 1. The molecule has 2 amide bonds. The zero-order chi connectivity index (χ0) is 20.8. The largest absolute Gasteiger partial charge is 0.465 e. The van der Waals surface area contributed by atoms with Crippen LogP contribution in [0.3, 0.4) is 0 Å². The smallest absolute Gasteiger partial charge is 0.337 e. The summed E-state index contributed by atoms with van der Waals surface area (Å²) in [5, 5.41) is 12.9. The number of amides is 2. The molecule has 0 radical (unpaired) electrons. The van der Waals surface area contributed by atoms with Crippen LogP contribution in [-0.4, -0.2) is 61.8 Å². The molecule has 8 nitrogen and oxygen atoms in total. The number of nitriles is 1. The van der Waals surface area contributed by atoms with E-state index in [9.17, 15) is 19.6 Å². The molecule has 3 rings (SSSR count). The summed E-state index contributed by atoms with van der Waals surface area (Å²) in [6, 6.07) is 8.83. The number of hydrogen-bond donors (Lipinski definition) is 1. The molecule has 1 aromatic carbocycles. The van der Waals surface area contributed by atoms with Crippen molar-refractivity contribution in [2.45, 2.75) is 12.3 Å². The number of nitrogens with zero attached hydrogens (tertiary/aromatic N) is 2. The highest BCUT2D eigenvalue weighted by Gasteiger charge is 2.30. The molecule has 152 valence electrons. The van der Waals surface area contributed by atoms with Crippen LogP contribution in [0.15, 0.2) is 34.9 Å². The van der Waals surface area contributed by atoms with Crippen LogP contribution in [0.4, 0.5) is 0 Å². The van der Waals surface area contributed by atoms with Gasteiger partial charge in [-0.3, -0.25) is 9.59 Å². The second kappa shape index (κ2) is 9.58. The fourth-order valence-electron chi connectivity index (χ4n) is 3.23. The fourth-order valence-corrected chi connectivity index (χ4v) is 4.20. The van der Waals surface area contributed by atoms with Gasteiger partial charge in [-0.1, -0.05) is 23.9 Å². The Morgan fingerprint density at radius 3 is 2.62 bits per heavy atom. The van der Waals surface area contributed by atoms with Crippen LogP contribution in [0.25, 0.3) is 0 Å². The van der Waals surface area contributed by atoms with Crippen molar-refractivity contribution in [2.24, 2.45) is 0 Å². The number of benzene rings is 1. The van der Waals surface area contributed by atoms with E-state index in [-0.39, 0.29) is 24.0 Å². The molecule has 0 bridgehead atoms. The summed E-state index contributed by atoms with van der Waals surface area (Å²) in [6.45, 7) is 2.13. The van der Waals surface area contributed by atoms with E-state index in [2.05, 4.69) is 11.4 Å². The van der Waals surface area contributed by atoms with Gasteiger partial charge >= 0.3 is 5.97 Å². The molecule has 2 aliphatic rings. The van der Waals surface area contributed by atoms with Gasteiger partial charge in [-0.05, 0) is 17.7 Å². The van der Waals surface area contributed by atoms with Gasteiger partial charge in [-0.25, -0.2) is 4.79 Å². The Morgan fingerprint density at radius 2 is 2.00 bits per heavy atom.